The zero-order chi connectivity index (χ0) is 10.9. The lowest BCUT2D eigenvalue weighted by atomic mass is 9.98. The van der Waals surface area contributed by atoms with Crippen molar-refractivity contribution < 1.29 is 9.47 Å². The molecule has 2 unspecified atom stereocenters. The summed E-state index contributed by atoms with van der Waals surface area (Å²) in [6.45, 7) is 2.31. The molecule has 0 aromatic carbocycles. The van der Waals surface area contributed by atoms with E-state index in [-0.39, 0.29) is 0 Å². The minimum Gasteiger partial charge on any atom is -0.382 e. The number of hydrogen-bond acceptors (Lipinski definition) is 4. The van der Waals surface area contributed by atoms with Crippen molar-refractivity contribution in [2.75, 3.05) is 45.5 Å². The second kappa shape index (κ2) is 8.39. The Morgan fingerprint density at radius 2 is 2.13 bits per heavy atom. The van der Waals surface area contributed by atoms with E-state index in [0.717, 1.165) is 19.1 Å². The van der Waals surface area contributed by atoms with Crippen LogP contribution in [0.4, 0.5) is 0 Å². The molecule has 1 N–H and O–H groups in total. The number of nitrogens with one attached hydrogen (secondary N) is 1. The number of ether oxygens (including phenoxy) is 2. The molecule has 1 fully saturated rings. The van der Waals surface area contributed by atoms with E-state index >= 15 is 0 Å². The Morgan fingerprint density at radius 1 is 1.27 bits per heavy atom. The van der Waals surface area contributed by atoms with Crippen molar-refractivity contribution in [3.8, 4) is 0 Å². The highest BCUT2D eigenvalue weighted by atomic mass is 32.2. The molecule has 1 saturated heterocycles. The van der Waals surface area contributed by atoms with Crippen LogP contribution in [0.3, 0.4) is 0 Å². The predicted octanol–water partition coefficient (Wildman–Crippen LogP) is 1.38. The molecule has 0 aromatic heterocycles. The van der Waals surface area contributed by atoms with Gasteiger partial charge in [-0.25, -0.2) is 0 Å². The SMILES string of the molecule is CNC1CSCC1CCCOCCOC. The van der Waals surface area contributed by atoms with Gasteiger partial charge < -0.3 is 14.8 Å². The fraction of sp³-hybridized carbons (Fsp3) is 1.00. The molecule has 90 valence electrons. The third-order valence-electron chi connectivity index (χ3n) is 2.86. The average Bonchev–Trinajstić information content (AvgIpc) is 2.70. The van der Waals surface area contributed by atoms with Gasteiger partial charge in [0.2, 0.25) is 0 Å². The molecule has 0 aromatic rings. The van der Waals surface area contributed by atoms with Gasteiger partial charge in [-0.1, -0.05) is 0 Å². The summed E-state index contributed by atoms with van der Waals surface area (Å²) in [5.74, 6) is 3.42. The zero-order valence-electron chi connectivity index (χ0n) is 9.83. The van der Waals surface area contributed by atoms with Crippen molar-refractivity contribution in [1.29, 1.82) is 0 Å². The molecule has 0 spiro atoms. The average molecular weight is 233 g/mol. The first kappa shape index (κ1) is 13.3. The third kappa shape index (κ3) is 5.20. The molecule has 3 nitrogen and oxygen atoms in total. The molecule has 1 heterocycles. The molecular formula is C11H23NO2S. The quantitative estimate of drug-likeness (QED) is 0.642. The standard InChI is InChI=1S/C11H23NO2S/c1-12-11-9-15-8-10(11)4-3-5-14-7-6-13-2/h10-12H,3-9H2,1-2H3. The Labute approximate surface area is 97.3 Å². The van der Waals surface area contributed by atoms with Crippen molar-refractivity contribution in [2.45, 2.75) is 18.9 Å². The fourth-order valence-corrected chi connectivity index (χ4v) is 3.42. The lowest BCUT2D eigenvalue weighted by Crippen LogP contribution is -2.32. The molecule has 0 aliphatic carbocycles. The summed E-state index contributed by atoms with van der Waals surface area (Å²) < 4.78 is 10.4. The van der Waals surface area contributed by atoms with Crippen molar-refractivity contribution in [2.24, 2.45) is 5.92 Å². The maximum Gasteiger partial charge on any atom is 0.0700 e. The van der Waals surface area contributed by atoms with Crippen LogP contribution in [0, 0.1) is 5.92 Å². The molecule has 1 aliphatic rings. The van der Waals surface area contributed by atoms with Crippen LogP contribution in [-0.2, 0) is 9.47 Å². The van der Waals surface area contributed by atoms with Crippen LogP contribution < -0.4 is 5.32 Å². The summed E-state index contributed by atoms with van der Waals surface area (Å²) in [4.78, 5) is 0. The second-order valence-electron chi connectivity index (χ2n) is 3.94. The van der Waals surface area contributed by atoms with Crippen LogP contribution in [0.2, 0.25) is 0 Å². The number of rotatable bonds is 8. The van der Waals surface area contributed by atoms with Gasteiger partial charge in [-0.2, -0.15) is 11.8 Å². The van der Waals surface area contributed by atoms with Crippen LogP contribution in [0.1, 0.15) is 12.8 Å². The number of methoxy groups -OCH3 is 1. The Bertz CT molecular complexity index is 158. The second-order valence-corrected chi connectivity index (χ2v) is 5.02. The molecular weight excluding hydrogens is 210 g/mol. The summed E-state index contributed by atoms with van der Waals surface area (Å²) in [5.41, 5.74) is 0. The monoisotopic (exact) mass is 233 g/mol. The predicted molar refractivity (Wildman–Crippen MR) is 65.6 cm³/mol. The van der Waals surface area contributed by atoms with Crippen molar-refractivity contribution in [3.63, 3.8) is 0 Å². The van der Waals surface area contributed by atoms with E-state index in [9.17, 15) is 0 Å². The van der Waals surface area contributed by atoms with Gasteiger partial charge in [0.1, 0.15) is 0 Å². The summed E-state index contributed by atoms with van der Waals surface area (Å²) in [7, 11) is 3.77. The van der Waals surface area contributed by atoms with Crippen LogP contribution >= 0.6 is 11.8 Å². The van der Waals surface area contributed by atoms with E-state index in [1.807, 2.05) is 0 Å². The summed E-state index contributed by atoms with van der Waals surface area (Å²) >= 11 is 2.06. The van der Waals surface area contributed by atoms with E-state index < -0.39 is 0 Å². The van der Waals surface area contributed by atoms with Crippen molar-refractivity contribution in [3.05, 3.63) is 0 Å². The maximum absolute atomic E-state index is 5.45. The lowest BCUT2D eigenvalue weighted by molar-refractivity contribution is 0.0672. The highest BCUT2D eigenvalue weighted by Crippen LogP contribution is 2.27. The van der Waals surface area contributed by atoms with Crippen molar-refractivity contribution in [1.82, 2.24) is 5.32 Å². The molecule has 0 amide bonds. The first-order valence-electron chi connectivity index (χ1n) is 5.70. The molecule has 4 heteroatoms. The highest BCUT2D eigenvalue weighted by molar-refractivity contribution is 7.99. The molecule has 0 saturated carbocycles. The Kier molecular flexibility index (Phi) is 7.44. The third-order valence-corrected chi connectivity index (χ3v) is 4.12. The first-order chi connectivity index (χ1) is 7.38. The molecule has 2 atom stereocenters. The van der Waals surface area contributed by atoms with E-state index in [1.165, 1.54) is 24.3 Å². The van der Waals surface area contributed by atoms with Gasteiger partial charge in [0, 0.05) is 25.5 Å². The van der Waals surface area contributed by atoms with E-state index in [2.05, 4.69) is 24.1 Å². The van der Waals surface area contributed by atoms with Crippen molar-refractivity contribution >= 4 is 11.8 Å². The molecule has 1 rings (SSSR count). The smallest absolute Gasteiger partial charge is 0.0700 e. The minimum atomic E-state index is 0.707. The van der Waals surface area contributed by atoms with Gasteiger partial charge in [0.25, 0.3) is 0 Å². The fourth-order valence-electron chi connectivity index (χ4n) is 1.89. The minimum absolute atomic E-state index is 0.707. The van der Waals surface area contributed by atoms with Gasteiger partial charge in [0.05, 0.1) is 13.2 Å². The van der Waals surface area contributed by atoms with E-state index in [0.29, 0.717) is 12.6 Å². The Balaban J connectivity index is 1.95. The summed E-state index contributed by atoms with van der Waals surface area (Å²) in [6, 6.07) is 0.717. The first-order valence-corrected chi connectivity index (χ1v) is 6.85. The van der Waals surface area contributed by atoms with Gasteiger partial charge in [-0.3, -0.25) is 0 Å². The topological polar surface area (TPSA) is 30.5 Å². The van der Waals surface area contributed by atoms with E-state index in [4.69, 9.17) is 9.47 Å². The largest absolute Gasteiger partial charge is 0.382 e. The zero-order valence-corrected chi connectivity index (χ0v) is 10.6. The lowest BCUT2D eigenvalue weighted by Gasteiger charge is -2.17. The maximum atomic E-state index is 5.45. The van der Waals surface area contributed by atoms with E-state index in [1.54, 1.807) is 7.11 Å². The number of thioether (sulfide) groups is 1. The Hall–Kier alpha value is 0.230. The van der Waals surface area contributed by atoms with Gasteiger partial charge >= 0.3 is 0 Å². The van der Waals surface area contributed by atoms with Crippen LogP contribution in [0.5, 0.6) is 0 Å². The van der Waals surface area contributed by atoms with Crippen LogP contribution in [-0.4, -0.2) is 51.5 Å². The molecule has 0 radical (unpaired) electrons. The van der Waals surface area contributed by atoms with Crippen LogP contribution in [0.15, 0.2) is 0 Å². The summed E-state index contributed by atoms with van der Waals surface area (Å²) in [5, 5.41) is 3.39. The summed E-state index contributed by atoms with van der Waals surface area (Å²) in [6.07, 6.45) is 2.46. The highest BCUT2D eigenvalue weighted by Gasteiger charge is 2.25. The molecule has 0 bridgehead atoms. The van der Waals surface area contributed by atoms with Gasteiger partial charge in [0.15, 0.2) is 0 Å². The molecule has 15 heavy (non-hydrogen) atoms. The van der Waals surface area contributed by atoms with Gasteiger partial charge in [-0.15, -0.1) is 0 Å². The Morgan fingerprint density at radius 3 is 2.87 bits per heavy atom. The molecule has 1 aliphatic heterocycles. The van der Waals surface area contributed by atoms with Gasteiger partial charge in [-0.05, 0) is 31.6 Å². The van der Waals surface area contributed by atoms with Crippen LogP contribution in [0.25, 0.3) is 0 Å². The normalized spacial score (nSPS) is 26.0. The number of hydrogen-bond donors (Lipinski definition) is 1.